The largest absolute Gasteiger partial charge is 0.273 e. The van der Waals surface area contributed by atoms with Crippen LogP contribution in [0.5, 0.6) is 0 Å². The molecule has 7 heteroatoms. The molecule has 0 radical (unpaired) electrons. The summed E-state index contributed by atoms with van der Waals surface area (Å²) in [7, 11) is -3.06. The molecule has 1 atom stereocenters. The van der Waals surface area contributed by atoms with Crippen molar-refractivity contribution in [1.29, 1.82) is 0 Å². The van der Waals surface area contributed by atoms with E-state index in [1.807, 2.05) is 0 Å². The lowest BCUT2D eigenvalue weighted by Crippen LogP contribution is -2.28. The van der Waals surface area contributed by atoms with Gasteiger partial charge >= 0.3 is 0 Å². The zero-order valence-corrected chi connectivity index (χ0v) is 12.5. The summed E-state index contributed by atoms with van der Waals surface area (Å²) in [4.78, 5) is 11.8. The highest BCUT2D eigenvalue weighted by Gasteiger charge is 2.32. The number of amides is 1. The summed E-state index contributed by atoms with van der Waals surface area (Å²) < 4.78 is 22.6. The van der Waals surface area contributed by atoms with Gasteiger partial charge in [0.25, 0.3) is 0 Å². The van der Waals surface area contributed by atoms with Crippen LogP contribution in [0.25, 0.3) is 0 Å². The molecule has 5 nitrogen and oxygen atoms in total. The minimum absolute atomic E-state index is 0.0744. The van der Waals surface area contributed by atoms with Crippen molar-refractivity contribution in [3.05, 3.63) is 34.9 Å². The van der Waals surface area contributed by atoms with Gasteiger partial charge in [-0.25, -0.2) is 13.8 Å². The Labute approximate surface area is 122 Å². The highest BCUT2D eigenvalue weighted by molar-refractivity contribution is 7.91. The Balaban J connectivity index is 1.98. The third kappa shape index (κ3) is 3.80. The Morgan fingerprint density at radius 1 is 1.35 bits per heavy atom. The molecule has 20 heavy (non-hydrogen) atoms. The second kappa shape index (κ2) is 5.93. The lowest BCUT2D eigenvalue weighted by atomic mass is 10.1. The maximum absolute atomic E-state index is 11.8. The molecule has 1 fully saturated rings. The van der Waals surface area contributed by atoms with Gasteiger partial charge < -0.3 is 0 Å². The molecule has 1 aliphatic heterocycles. The lowest BCUT2D eigenvalue weighted by Gasteiger charge is -2.06. The summed E-state index contributed by atoms with van der Waals surface area (Å²) in [5.74, 6) is -0.861. The Kier molecular flexibility index (Phi) is 4.45. The van der Waals surface area contributed by atoms with Gasteiger partial charge in [0.1, 0.15) is 0 Å². The van der Waals surface area contributed by atoms with Crippen LogP contribution in [-0.2, 0) is 14.6 Å². The minimum Gasteiger partial charge on any atom is -0.273 e. The van der Waals surface area contributed by atoms with E-state index in [1.165, 1.54) is 0 Å². The van der Waals surface area contributed by atoms with E-state index >= 15 is 0 Å². The van der Waals surface area contributed by atoms with Crippen LogP contribution in [0.4, 0.5) is 0 Å². The second-order valence-electron chi connectivity index (χ2n) is 4.78. The fraction of sp³-hybridized carbons (Fsp3) is 0.385. The van der Waals surface area contributed by atoms with Crippen LogP contribution in [0.2, 0.25) is 5.02 Å². The number of sulfone groups is 1. The van der Waals surface area contributed by atoms with Gasteiger partial charge in [0.15, 0.2) is 9.84 Å². The predicted octanol–water partition coefficient (Wildman–Crippen LogP) is 1.61. The molecule has 0 saturated carbocycles. The molecule has 0 spiro atoms. The van der Waals surface area contributed by atoms with Crippen LogP contribution in [0.1, 0.15) is 18.9 Å². The first-order valence-electron chi connectivity index (χ1n) is 6.18. The number of carbonyl (C=O) groups is 1. The first-order valence-corrected chi connectivity index (χ1v) is 8.38. The van der Waals surface area contributed by atoms with Gasteiger partial charge in [-0.1, -0.05) is 23.7 Å². The Hall–Kier alpha value is -1.40. The zero-order chi connectivity index (χ0) is 14.8. The fourth-order valence-corrected chi connectivity index (χ4v) is 3.86. The van der Waals surface area contributed by atoms with E-state index in [0.29, 0.717) is 17.2 Å². The van der Waals surface area contributed by atoms with Crippen molar-refractivity contribution >= 4 is 33.1 Å². The molecule has 1 heterocycles. The van der Waals surface area contributed by atoms with E-state index in [9.17, 15) is 13.2 Å². The van der Waals surface area contributed by atoms with E-state index in [-0.39, 0.29) is 17.4 Å². The lowest BCUT2D eigenvalue weighted by molar-refractivity contribution is -0.124. The van der Waals surface area contributed by atoms with Crippen LogP contribution >= 0.6 is 11.6 Å². The Morgan fingerprint density at radius 2 is 2.00 bits per heavy atom. The molecule has 1 aromatic carbocycles. The highest BCUT2D eigenvalue weighted by Crippen LogP contribution is 2.18. The third-order valence-electron chi connectivity index (χ3n) is 3.20. The van der Waals surface area contributed by atoms with Crippen molar-refractivity contribution in [3.8, 4) is 0 Å². The van der Waals surface area contributed by atoms with Gasteiger partial charge in [-0.3, -0.25) is 4.79 Å². The monoisotopic (exact) mass is 314 g/mol. The molecule has 1 saturated heterocycles. The number of rotatable bonds is 3. The number of hydrogen-bond acceptors (Lipinski definition) is 4. The van der Waals surface area contributed by atoms with Crippen LogP contribution in [-0.4, -0.2) is 31.5 Å². The summed E-state index contributed by atoms with van der Waals surface area (Å²) >= 11 is 5.79. The smallest absolute Gasteiger partial charge is 0.244 e. The summed E-state index contributed by atoms with van der Waals surface area (Å²) in [5, 5.41) is 4.62. The maximum Gasteiger partial charge on any atom is 0.244 e. The van der Waals surface area contributed by atoms with Gasteiger partial charge in [-0.05, 0) is 31.0 Å². The number of halogens is 1. The van der Waals surface area contributed by atoms with Crippen LogP contribution in [0.15, 0.2) is 29.4 Å². The summed E-state index contributed by atoms with van der Waals surface area (Å²) in [6.45, 7) is 1.76. The van der Waals surface area contributed by atoms with Crippen molar-refractivity contribution < 1.29 is 13.2 Å². The molecular formula is C13H15ClN2O3S. The average Bonchev–Trinajstić information content (AvgIpc) is 2.77. The molecule has 1 amide bonds. The quantitative estimate of drug-likeness (QED) is 0.680. The highest BCUT2D eigenvalue weighted by atomic mass is 35.5. The van der Waals surface area contributed by atoms with E-state index in [1.54, 1.807) is 31.2 Å². The Morgan fingerprint density at radius 3 is 2.55 bits per heavy atom. The Bertz CT molecular complexity index is 638. The second-order valence-corrected chi connectivity index (χ2v) is 7.45. The molecule has 0 unspecified atom stereocenters. The van der Waals surface area contributed by atoms with Crippen molar-refractivity contribution in [1.82, 2.24) is 5.43 Å². The van der Waals surface area contributed by atoms with Crippen LogP contribution < -0.4 is 5.43 Å². The number of hydrogen-bond donors (Lipinski definition) is 1. The summed E-state index contributed by atoms with van der Waals surface area (Å²) in [6, 6.07) is 7.07. The predicted molar refractivity (Wildman–Crippen MR) is 78.6 cm³/mol. The topological polar surface area (TPSA) is 75.6 Å². The summed E-state index contributed by atoms with van der Waals surface area (Å²) in [5.41, 5.74) is 3.90. The molecule has 0 bridgehead atoms. The van der Waals surface area contributed by atoms with E-state index in [0.717, 1.165) is 5.56 Å². The van der Waals surface area contributed by atoms with Gasteiger partial charge in [0.05, 0.1) is 23.1 Å². The van der Waals surface area contributed by atoms with Crippen molar-refractivity contribution in [3.63, 3.8) is 0 Å². The SMILES string of the molecule is C/C(=N/NC(=O)[C@@H]1CCS(=O)(=O)C1)c1ccc(Cl)cc1. The van der Waals surface area contributed by atoms with Crippen LogP contribution in [0.3, 0.4) is 0 Å². The molecule has 1 aromatic rings. The molecule has 108 valence electrons. The fourth-order valence-electron chi connectivity index (χ4n) is 1.99. The molecular weight excluding hydrogens is 300 g/mol. The molecule has 0 aromatic heterocycles. The number of nitrogens with zero attached hydrogens (tertiary/aromatic N) is 1. The number of hydrazone groups is 1. The number of nitrogens with one attached hydrogen (secondary N) is 1. The van der Waals surface area contributed by atoms with Gasteiger partial charge in [-0.15, -0.1) is 0 Å². The minimum atomic E-state index is -3.06. The maximum atomic E-state index is 11.8. The number of benzene rings is 1. The average molecular weight is 315 g/mol. The van der Waals surface area contributed by atoms with E-state index in [2.05, 4.69) is 10.5 Å². The first-order chi connectivity index (χ1) is 9.37. The van der Waals surface area contributed by atoms with Gasteiger partial charge in [-0.2, -0.15) is 5.10 Å². The molecule has 2 rings (SSSR count). The van der Waals surface area contributed by atoms with Gasteiger partial charge in [0, 0.05) is 5.02 Å². The van der Waals surface area contributed by atoms with E-state index in [4.69, 9.17) is 11.6 Å². The van der Waals surface area contributed by atoms with Crippen molar-refractivity contribution in [2.75, 3.05) is 11.5 Å². The van der Waals surface area contributed by atoms with Crippen molar-refractivity contribution in [2.24, 2.45) is 11.0 Å². The molecule has 1 aliphatic rings. The third-order valence-corrected chi connectivity index (χ3v) is 5.22. The number of carbonyl (C=O) groups excluding carboxylic acids is 1. The normalized spacial score (nSPS) is 21.7. The zero-order valence-electron chi connectivity index (χ0n) is 11.0. The van der Waals surface area contributed by atoms with E-state index < -0.39 is 15.8 Å². The van der Waals surface area contributed by atoms with Gasteiger partial charge in [0.2, 0.25) is 5.91 Å². The summed E-state index contributed by atoms with van der Waals surface area (Å²) in [6.07, 6.45) is 0.365. The molecule has 1 N–H and O–H groups in total. The standard InChI is InChI=1S/C13H15ClN2O3S/c1-9(10-2-4-12(14)5-3-10)15-16-13(17)11-6-7-20(18,19)8-11/h2-5,11H,6-8H2,1H3,(H,16,17)/b15-9-/t11-/m1/s1. The van der Waals surface area contributed by atoms with Crippen molar-refractivity contribution in [2.45, 2.75) is 13.3 Å². The molecule has 0 aliphatic carbocycles. The first kappa shape index (κ1) is 15.0. The van der Waals surface area contributed by atoms with Crippen LogP contribution in [0, 0.1) is 5.92 Å².